The van der Waals surface area contributed by atoms with E-state index in [-0.39, 0.29) is 0 Å². The SMILES string of the molecule is COc1ccc(C)cc1NC(=O)[C@@H](C)OC(=O)[C@H](C)NC(=O)/C=C/c1ccccc1. The molecule has 0 spiro atoms. The van der Waals surface area contributed by atoms with Crippen LogP contribution in [0, 0.1) is 6.92 Å². The molecule has 0 fully saturated rings. The van der Waals surface area contributed by atoms with Gasteiger partial charge in [0.05, 0.1) is 12.8 Å². The number of esters is 1. The van der Waals surface area contributed by atoms with Crippen LogP contribution in [-0.2, 0) is 19.1 Å². The Bertz CT molecular complexity index is 924. The third-order valence-electron chi connectivity index (χ3n) is 4.21. The molecular weight excluding hydrogens is 384 g/mol. The molecule has 0 heterocycles. The summed E-state index contributed by atoms with van der Waals surface area (Å²) in [5, 5.41) is 5.20. The highest BCUT2D eigenvalue weighted by atomic mass is 16.5. The molecule has 0 aliphatic heterocycles. The highest BCUT2D eigenvalue weighted by molar-refractivity contribution is 5.97. The van der Waals surface area contributed by atoms with Crippen LogP contribution < -0.4 is 15.4 Å². The Labute approximate surface area is 176 Å². The fourth-order valence-corrected chi connectivity index (χ4v) is 2.54. The van der Waals surface area contributed by atoms with Gasteiger partial charge in [0, 0.05) is 6.08 Å². The summed E-state index contributed by atoms with van der Waals surface area (Å²) in [7, 11) is 1.50. The van der Waals surface area contributed by atoms with E-state index in [9.17, 15) is 14.4 Å². The lowest BCUT2D eigenvalue weighted by Crippen LogP contribution is -2.41. The van der Waals surface area contributed by atoms with E-state index in [4.69, 9.17) is 9.47 Å². The average molecular weight is 410 g/mol. The first kappa shape index (κ1) is 22.7. The molecule has 2 aromatic rings. The minimum Gasteiger partial charge on any atom is -0.495 e. The summed E-state index contributed by atoms with van der Waals surface area (Å²) in [6.07, 6.45) is 1.92. The molecule has 2 rings (SSSR count). The summed E-state index contributed by atoms with van der Waals surface area (Å²) in [5.41, 5.74) is 2.29. The van der Waals surface area contributed by atoms with Crippen LogP contribution in [0.15, 0.2) is 54.6 Å². The number of aryl methyl sites for hydroxylation is 1. The Kier molecular flexibility index (Phi) is 8.17. The Morgan fingerprint density at radius 3 is 2.40 bits per heavy atom. The highest BCUT2D eigenvalue weighted by Crippen LogP contribution is 2.25. The van der Waals surface area contributed by atoms with Gasteiger partial charge in [-0.25, -0.2) is 4.79 Å². The van der Waals surface area contributed by atoms with Gasteiger partial charge in [0.25, 0.3) is 5.91 Å². The lowest BCUT2D eigenvalue weighted by molar-refractivity contribution is -0.155. The number of benzene rings is 2. The van der Waals surface area contributed by atoms with Crippen molar-refractivity contribution < 1.29 is 23.9 Å². The number of amides is 2. The largest absolute Gasteiger partial charge is 0.495 e. The Morgan fingerprint density at radius 1 is 1.03 bits per heavy atom. The number of ether oxygens (including phenoxy) is 2. The monoisotopic (exact) mass is 410 g/mol. The van der Waals surface area contributed by atoms with E-state index in [0.29, 0.717) is 11.4 Å². The van der Waals surface area contributed by atoms with Gasteiger partial charge in [0.15, 0.2) is 6.10 Å². The van der Waals surface area contributed by atoms with E-state index >= 15 is 0 Å². The molecule has 7 heteroatoms. The van der Waals surface area contributed by atoms with E-state index in [0.717, 1.165) is 11.1 Å². The Hall–Kier alpha value is -3.61. The van der Waals surface area contributed by atoms with Crippen molar-refractivity contribution in [3.8, 4) is 5.75 Å². The van der Waals surface area contributed by atoms with Crippen molar-refractivity contribution in [2.24, 2.45) is 0 Å². The van der Waals surface area contributed by atoms with Crippen LogP contribution in [0.3, 0.4) is 0 Å². The number of anilines is 1. The standard InChI is InChI=1S/C23H26N2O5/c1-15-10-12-20(29-4)19(14-15)25-22(27)17(3)30-23(28)16(2)24-21(26)13-11-18-8-6-5-7-9-18/h5-14,16-17H,1-4H3,(H,24,26)(H,25,27)/b13-11+/t16-,17+/m0/s1. The molecule has 0 aliphatic rings. The summed E-state index contributed by atoms with van der Waals surface area (Å²) in [4.78, 5) is 36.6. The second-order valence-corrected chi connectivity index (χ2v) is 6.75. The topological polar surface area (TPSA) is 93.7 Å². The second kappa shape index (κ2) is 10.8. The highest BCUT2D eigenvalue weighted by Gasteiger charge is 2.23. The van der Waals surface area contributed by atoms with Gasteiger partial charge in [-0.15, -0.1) is 0 Å². The van der Waals surface area contributed by atoms with Crippen molar-refractivity contribution in [1.82, 2.24) is 5.32 Å². The third kappa shape index (κ3) is 6.77. The fourth-order valence-electron chi connectivity index (χ4n) is 2.54. The maximum Gasteiger partial charge on any atom is 0.329 e. The molecule has 0 saturated heterocycles. The number of carbonyl (C=O) groups is 3. The number of rotatable bonds is 8. The normalized spacial score (nSPS) is 12.7. The number of hydrogen-bond donors (Lipinski definition) is 2. The van der Waals surface area contributed by atoms with Crippen molar-refractivity contribution in [2.45, 2.75) is 32.9 Å². The van der Waals surface area contributed by atoms with Gasteiger partial charge >= 0.3 is 5.97 Å². The molecule has 0 unspecified atom stereocenters. The van der Waals surface area contributed by atoms with Gasteiger partial charge in [0.2, 0.25) is 5.91 Å². The van der Waals surface area contributed by atoms with E-state index in [1.165, 1.54) is 27.0 Å². The summed E-state index contributed by atoms with van der Waals surface area (Å²) >= 11 is 0. The lowest BCUT2D eigenvalue weighted by Gasteiger charge is -2.18. The van der Waals surface area contributed by atoms with Crippen LogP contribution in [0.4, 0.5) is 5.69 Å². The minimum absolute atomic E-state index is 0.440. The molecular formula is C23H26N2O5. The first-order chi connectivity index (χ1) is 14.3. The van der Waals surface area contributed by atoms with Crippen LogP contribution in [0.5, 0.6) is 5.75 Å². The van der Waals surface area contributed by atoms with Crippen molar-refractivity contribution in [3.05, 3.63) is 65.7 Å². The number of methoxy groups -OCH3 is 1. The van der Waals surface area contributed by atoms with E-state index in [2.05, 4.69) is 10.6 Å². The maximum atomic E-state index is 12.4. The lowest BCUT2D eigenvalue weighted by atomic mass is 10.2. The first-order valence-electron chi connectivity index (χ1n) is 9.49. The van der Waals surface area contributed by atoms with Gasteiger partial charge < -0.3 is 20.1 Å². The zero-order valence-corrected chi connectivity index (χ0v) is 17.5. The molecule has 2 aromatic carbocycles. The van der Waals surface area contributed by atoms with Crippen LogP contribution >= 0.6 is 0 Å². The first-order valence-corrected chi connectivity index (χ1v) is 9.49. The van der Waals surface area contributed by atoms with Crippen LogP contribution in [0.25, 0.3) is 6.08 Å². The van der Waals surface area contributed by atoms with Gasteiger partial charge in [-0.2, -0.15) is 0 Å². The minimum atomic E-state index is -1.05. The van der Waals surface area contributed by atoms with Gasteiger partial charge in [-0.1, -0.05) is 36.4 Å². The third-order valence-corrected chi connectivity index (χ3v) is 4.21. The van der Waals surface area contributed by atoms with Gasteiger partial charge in [-0.05, 0) is 50.1 Å². The summed E-state index contributed by atoms with van der Waals surface area (Å²) in [5.74, 6) is -1.16. The molecule has 7 nitrogen and oxygen atoms in total. The quantitative estimate of drug-likeness (QED) is 0.515. The van der Waals surface area contributed by atoms with Crippen LogP contribution in [-0.4, -0.2) is 37.0 Å². The molecule has 30 heavy (non-hydrogen) atoms. The fraction of sp³-hybridized carbons (Fsp3) is 0.261. The van der Waals surface area contributed by atoms with Crippen LogP contribution in [0.2, 0.25) is 0 Å². The summed E-state index contributed by atoms with van der Waals surface area (Å²) < 4.78 is 10.4. The maximum absolute atomic E-state index is 12.4. The summed E-state index contributed by atoms with van der Waals surface area (Å²) in [6, 6.07) is 13.7. The van der Waals surface area contributed by atoms with Gasteiger partial charge in [-0.3, -0.25) is 9.59 Å². The van der Waals surface area contributed by atoms with Crippen molar-refractivity contribution in [2.75, 3.05) is 12.4 Å². The zero-order chi connectivity index (χ0) is 22.1. The molecule has 0 bridgehead atoms. The Morgan fingerprint density at radius 2 is 1.73 bits per heavy atom. The average Bonchev–Trinajstić information content (AvgIpc) is 2.73. The van der Waals surface area contributed by atoms with Crippen LogP contribution in [0.1, 0.15) is 25.0 Å². The number of nitrogens with one attached hydrogen (secondary N) is 2. The van der Waals surface area contributed by atoms with E-state index < -0.39 is 29.9 Å². The van der Waals surface area contributed by atoms with Crippen molar-refractivity contribution in [3.63, 3.8) is 0 Å². The molecule has 2 atom stereocenters. The van der Waals surface area contributed by atoms with Crippen molar-refractivity contribution in [1.29, 1.82) is 0 Å². The summed E-state index contributed by atoms with van der Waals surface area (Å²) in [6.45, 7) is 4.83. The number of carbonyl (C=O) groups excluding carboxylic acids is 3. The predicted molar refractivity (Wildman–Crippen MR) is 115 cm³/mol. The molecule has 0 aromatic heterocycles. The Balaban J connectivity index is 1.88. The molecule has 0 saturated carbocycles. The predicted octanol–water partition coefficient (Wildman–Crippen LogP) is 3.09. The van der Waals surface area contributed by atoms with Crippen molar-refractivity contribution >= 4 is 29.5 Å². The second-order valence-electron chi connectivity index (χ2n) is 6.75. The molecule has 0 radical (unpaired) electrons. The molecule has 2 N–H and O–H groups in total. The molecule has 158 valence electrons. The van der Waals surface area contributed by atoms with E-state index in [1.54, 1.807) is 18.2 Å². The molecule has 2 amide bonds. The van der Waals surface area contributed by atoms with E-state index in [1.807, 2.05) is 43.3 Å². The van der Waals surface area contributed by atoms with Gasteiger partial charge in [0.1, 0.15) is 11.8 Å². The smallest absolute Gasteiger partial charge is 0.329 e. The number of hydrogen-bond acceptors (Lipinski definition) is 5. The molecule has 0 aliphatic carbocycles. The zero-order valence-electron chi connectivity index (χ0n) is 17.5.